The maximum atomic E-state index is 10.3. The largest absolute Gasteiger partial charge is 0.492 e. The van der Waals surface area contributed by atoms with Crippen LogP contribution in [0, 0.1) is 5.92 Å². The van der Waals surface area contributed by atoms with Crippen LogP contribution in [0.1, 0.15) is 31.9 Å². The summed E-state index contributed by atoms with van der Waals surface area (Å²) in [6.45, 7) is 11.1. The molecule has 5 nitrogen and oxygen atoms in total. The molecule has 2 aromatic rings. The van der Waals surface area contributed by atoms with Crippen LogP contribution in [-0.2, 0) is 10.2 Å². The number of aliphatic hydroxyl groups excluding tert-OH is 1. The molecule has 182 valence electrons. The SMILES string of the molecule is C[C@@H](CCl)COc1ccc(C(C)(C)c2ccc(OC[C@H](O)CN3CCOCC3)cc2)cc1Br. The molecule has 0 spiro atoms. The fourth-order valence-electron chi connectivity index (χ4n) is 3.74. The van der Waals surface area contributed by atoms with Crippen molar-refractivity contribution < 1.29 is 19.3 Å². The highest BCUT2D eigenvalue weighted by atomic mass is 79.9. The summed E-state index contributed by atoms with van der Waals surface area (Å²) in [5.74, 6) is 2.46. The molecule has 1 heterocycles. The number of hydrogen-bond donors (Lipinski definition) is 1. The number of benzene rings is 2. The number of nitrogens with zero attached hydrogens (tertiary/aromatic N) is 1. The highest BCUT2D eigenvalue weighted by Crippen LogP contribution is 2.36. The van der Waals surface area contributed by atoms with Gasteiger partial charge in [-0.3, -0.25) is 4.90 Å². The van der Waals surface area contributed by atoms with E-state index in [-0.39, 0.29) is 12.0 Å². The van der Waals surface area contributed by atoms with Crippen molar-refractivity contribution in [3.05, 3.63) is 58.1 Å². The van der Waals surface area contributed by atoms with E-state index in [2.05, 4.69) is 65.9 Å². The lowest BCUT2D eigenvalue weighted by Gasteiger charge is -2.28. The van der Waals surface area contributed by atoms with Gasteiger partial charge in [0.1, 0.15) is 24.2 Å². The molecule has 0 aromatic heterocycles. The molecule has 0 aliphatic carbocycles. The number of aliphatic hydroxyl groups is 1. The van der Waals surface area contributed by atoms with Gasteiger partial charge in [0, 0.05) is 36.8 Å². The van der Waals surface area contributed by atoms with Crippen LogP contribution in [0.5, 0.6) is 11.5 Å². The minimum absolute atomic E-state index is 0.196. The third-order valence-corrected chi connectivity index (χ3v) is 7.18. The molecule has 2 aromatic carbocycles. The van der Waals surface area contributed by atoms with Crippen molar-refractivity contribution in [1.29, 1.82) is 0 Å². The molecule has 1 aliphatic rings. The van der Waals surface area contributed by atoms with Crippen molar-refractivity contribution in [2.24, 2.45) is 5.92 Å². The lowest BCUT2D eigenvalue weighted by molar-refractivity contribution is 0.00465. The zero-order valence-electron chi connectivity index (χ0n) is 19.7. The van der Waals surface area contributed by atoms with Gasteiger partial charge in [-0.05, 0) is 51.3 Å². The second-order valence-electron chi connectivity index (χ2n) is 9.24. The number of hydrogen-bond acceptors (Lipinski definition) is 5. The molecule has 0 radical (unpaired) electrons. The molecule has 1 aliphatic heterocycles. The molecular formula is C26H35BrClNO4. The topological polar surface area (TPSA) is 51.2 Å². The first-order valence-electron chi connectivity index (χ1n) is 11.5. The quantitative estimate of drug-likeness (QED) is 0.402. The molecule has 1 fully saturated rings. The second kappa shape index (κ2) is 12.4. The third-order valence-electron chi connectivity index (χ3n) is 6.03. The Kier molecular flexibility index (Phi) is 9.89. The number of alkyl halides is 1. The second-order valence-corrected chi connectivity index (χ2v) is 10.4. The Morgan fingerprint density at radius 1 is 1.06 bits per heavy atom. The van der Waals surface area contributed by atoms with E-state index in [1.54, 1.807) is 0 Å². The molecule has 0 saturated carbocycles. The van der Waals surface area contributed by atoms with E-state index in [0.29, 0.717) is 24.9 Å². The van der Waals surface area contributed by atoms with E-state index in [1.165, 1.54) is 11.1 Å². The van der Waals surface area contributed by atoms with Crippen molar-refractivity contribution in [2.45, 2.75) is 32.3 Å². The highest BCUT2D eigenvalue weighted by Gasteiger charge is 2.24. The summed E-state index contributed by atoms with van der Waals surface area (Å²) in [5.41, 5.74) is 2.17. The van der Waals surface area contributed by atoms with Crippen LogP contribution < -0.4 is 9.47 Å². The van der Waals surface area contributed by atoms with Gasteiger partial charge in [0.05, 0.1) is 24.3 Å². The molecule has 3 rings (SSSR count). The average Bonchev–Trinajstić information content (AvgIpc) is 2.82. The zero-order valence-corrected chi connectivity index (χ0v) is 22.1. The fraction of sp³-hybridized carbons (Fsp3) is 0.538. The summed E-state index contributed by atoms with van der Waals surface area (Å²) < 4.78 is 18.0. The zero-order chi connectivity index (χ0) is 23.8. The predicted octanol–water partition coefficient (Wildman–Crippen LogP) is 5.10. The van der Waals surface area contributed by atoms with Gasteiger partial charge >= 0.3 is 0 Å². The normalized spacial score (nSPS) is 16.9. The third kappa shape index (κ3) is 7.59. The summed E-state index contributed by atoms with van der Waals surface area (Å²) in [4.78, 5) is 2.20. The fourth-order valence-corrected chi connectivity index (χ4v) is 4.33. The van der Waals surface area contributed by atoms with E-state index < -0.39 is 6.10 Å². The monoisotopic (exact) mass is 539 g/mol. The van der Waals surface area contributed by atoms with E-state index in [1.807, 2.05) is 18.2 Å². The van der Waals surface area contributed by atoms with Crippen LogP contribution in [0.15, 0.2) is 46.9 Å². The molecule has 0 bridgehead atoms. The minimum Gasteiger partial charge on any atom is -0.492 e. The molecular weight excluding hydrogens is 506 g/mol. The van der Waals surface area contributed by atoms with E-state index in [4.69, 9.17) is 25.8 Å². The smallest absolute Gasteiger partial charge is 0.133 e. The number of morpholine rings is 1. The standard InChI is InChI=1S/C26H35BrClNO4/c1-19(15-28)17-33-25-9-6-21(14-24(25)27)26(2,3)20-4-7-23(8-5-20)32-18-22(30)16-29-10-12-31-13-11-29/h4-9,14,19,22,30H,10-13,15-18H2,1-3H3/t19-,22+/m0/s1. The average molecular weight is 541 g/mol. The van der Waals surface area contributed by atoms with Gasteiger partial charge in [-0.25, -0.2) is 0 Å². The van der Waals surface area contributed by atoms with Crippen molar-refractivity contribution in [1.82, 2.24) is 4.90 Å². The summed E-state index contributed by atoms with van der Waals surface area (Å²) in [6, 6.07) is 14.4. The summed E-state index contributed by atoms with van der Waals surface area (Å²) in [7, 11) is 0. The lowest BCUT2D eigenvalue weighted by Crippen LogP contribution is -2.42. The minimum atomic E-state index is -0.523. The van der Waals surface area contributed by atoms with Crippen LogP contribution in [0.2, 0.25) is 0 Å². The molecule has 1 N–H and O–H groups in total. The Hall–Kier alpha value is -1.31. The predicted molar refractivity (Wildman–Crippen MR) is 137 cm³/mol. The Bertz CT molecular complexity index is 871. The van der Waals surface area contributed by atoms with Gasteiger partial charge in [0.15, 0.2) is 0 Å². The van der Waals surface area contributed by atoms with Gasteiger partial charge in [-0.1, -0.05) is 39.0 Å². The molecule has 1 saturated heterocycles. The number of rotatable bonds is 11. The Labute approximate surface area is 211 Å². The van der Waals surface area contributed by atoms with Crippen molar-refractivity contribution in [3.63, 3.8) is 0 Å². The maximum Gasteiger partial charge on any atom is 0.133 e. The van der Waals surface area contributed by atoms with Crippen molar-refractivity contribution >= 4 is 27.5 Å². The summed E-state index contributed by atoms with van der Waals surface area (Å²) in [6.07, 6.45) is -0.523. The van der Waals surface area contributed by atoms with Gasteiger partial charge in [-0.15, -0.1) is 11.6 Å². The van der Waals surface area contributed by atoms with Crippen LogP contribution in [0.4, 0.5) is 0 Å². The van der Waals surface area contributed by atoms with E-state index >= 15 is 0 Å². The van der Waals surface area contributed by atoms with E-state index in [9.17, 15) is 5.11 Å². The first-order valence-corrected chi connectivity index (χ1v) is 12.8. The molecule has 0 unspecified atom stereocenters. The Balaban J connectivity index is 1.57. The molecule has 0 amide bonds. The Morgan fingerprint density at radius 2 is 1.73 bits per heavy atom. The molecule has 2 atom stereocenters. The first kappa shape index (κ1) is 26.3. The van der Waals surface area contributed by atoms with Gasteiger partial charge in [-0.2, -0.15) is 0 Å². The van der Waals surface area contributed by atoms with Crippen molar-refractivity contribution in [3.8, 4) is 11.5 Å². The molecule has 33 heavy (non-hydrogen) atoms. The Morgan fingerprint density at radius 3 is 2.36 bits per heavy atom. The van der Waals surface area contributed by atoms with E-state index in [0.717, 1.165) is 42.3 Å². The van der Waals surface area contributed by atoms with Crippen molar-refractivity contribution in [2.75, 3.05) is 51.9 Å². The molecule has 7 heteroatoms. The summed E-state index contributed by atoms with van der Waals surface area (Å²) >= 11 is 9.53. The number of β-amino-alcohol motifs (C(OH)–C–C–N with tert-alkyl or cyclic N) is 1. The highest BCUT2D eigenvalue weighted by molar-refractivity contribution is 9.10. The lowest BCUT2D eigenvalue weighted by atomic mass is 9.78. The number of ether oxygens (including phenoxy) is 3. The summed E-state index contributed by atoms with van der Waals surface area (Å²) in [5, 5.41) is 10.3. The van der Waals surface area contributed by atoms with Crippen LogP contribution in [0.3, 0.4) is 0 Å². The van der Waals surface area contributed by atoms with Gasteiger partial charge in [0.2, 0.25) is 0 Å². The van der Waals surface area contributed by atoms with Crippen LogP contribution >= 0.6 is 27.5 Å². The maximum absolute atomic E-state index is 10.3. The van der Waals surface area contributed by atoms with Gasteiger partial charge < -0.3 is 19.3 Å². The first-order chi connectivity index (χ1) is 15.8. The number of halogens is 2. The van der Waals surface area contributed by atoms with Gasteiger partial charge in [0.25, 0.3) is 0 Å². The van der Waals surface area contributed by atoms with Crippen LogP contribution in [-0.4, -0.2) is 68.1 Å². The van der Waals surface area contributed by atoms with Crippen LogP contribution in [0.25, 0.3) is 0 Å².